The fraction of sp³-hybridized carbons (Fsp3) is 0. The van der Waals surface area contributed by atoms with Gasteiger partial charge in [0.2, 0.25) is 0 Å². The number of para-hydroxylation sites is 3. The van der Waals surface area contributed by atoms with E-state index in [0.717, 1.165) is 49.4 Å². The van der Waals surface area contributed by atoms with Gasteiger partial charge in [-0.3, -0.25) is 0 Å². The van der Waals surface area contributed by atoms with Crippen molar-refractivity contribution in [1.29, 1.82) is 0 Å². The van der Waals surface area contributed by atoms with Gasteiger partial charge in [0.15, 0.2) is 17.5 Å². The molecule has 0 aliphatic rings. The molecule has 254 valence electrons. The van der Waals surface area contributed by atoms with Gasteiger partial charge in [0.05, 0.1) is 16.6 Å². The van der Waals surface area contributed by atoms with Crippen molar-refractivity contribution in [2.24, 2.45) is 0 Å². The summed E-state index contributed by atoms with van der Waals surface area (Å²) in [4.78, 5) is 14.4. The molecule has 3 aromatic heterocycles. The number of nitrogens with zero attached hydrogens (tertiary/aromatic N) is 4. The Morgan fingerprint density at radius 1 is 0.383 bits per heavy atom. The van der Waals surface area contributed by atoms with Gasteiger partial charge < -0.3 is 8.98 Å². The summed E-state index contributed by atoms with van der Waals surface area (Å²) in [7, 11) is 63.4. The van der Waals surface area contributed by atoms with E-state index in [1.807, 2.05) is 48.5 Å². The SMILES string of the molecule is [B]c1c([B])c([B])c(-c2nc(-c3c([B])c([B])c([B])c([B])c3[B])nc(-c3cccc4c3oc3cc(-c5ccc6c(c5)c5ccccc5n6-c5ccccc5)ccc34)n2)c([B])c1[B]. The maximum atomic E-state index is 6.70. The molecule has 0 fully saturated rings. The first-order valence-corrected chi connectivity index (χ1v) is 18.8. The number of hydrogen-bond acceptors (Lipinski definition) is 4. The molecule has 10 aromatic rings. The fourth-order valence-electron chi connectivity index (χ4n) is 8.06. The summed E-state index contributed by atoms with van der Waals surface area (Å²) < 4.78 is 8.99. The van der Waals surface area contributed by atoms with Gasteiger partial charge in [-0.15, -0.1) is 32.8 Å². The van der Waals surface area contributed by atoms with Crippen LogP contribution in [0.25, 0.3) is 94.7 Å². The van der Waals surface area contributed by atoms with Crippen molar-refractivity contribution in [2.45, 2.75) is 0 Å². The average Bonchev–Trinajstić information content (AvgIpc) is 3.82. The third kappa shape index (κ3) is 5.73. The monoisotopic (exact) mass is 740 g/mol. The molecule has 0 unspecified atom stereocenters. The zero-order chi connectivity index (χ0) is 41.7. The molecule has 15 heteroatoms. The minimum Gasteiger partial charge on any atom is -0.455 e. The topological polar surface area (TPSA) is 56.7 Å². The number of aromatic nitrogens is 4. The normalized spacial score (nSPS) is 11.7. The number of hydrogen-bond donors (Lipinski definition) is 0. The lowest BCUT2D eigenvalue weighted by Gasteiger charge is -2.22. The Bertz CT molecular complexity index is 3310. The van der Waals surface area contributed by atoms with E-state index in [2.05, 4.69) is 65.2 Å². The minimum atomic E-state index is -0.00409. The molecule has 20 radical (unpaired) electrons. The summed E-state index contributed by atoms with van der Waals surface area (Å²) in [6.07, 6.45) is 0. The van der Waals surface area contributed by atoms with Crippen LogP contribution in [0.3, 0.4) is 0 Å². The van der Waals surface area contributed by atoms with Crippen LogP contribution in [-0.2, 0) is 0 Å². The van der Waals surface area contributed by atoms with Crippen LogP contribution in [0.15, 0.2) is 114 Å². The van der Waals surface area contributed by atoms with Crippen LogP contribution < -0.4 is 54.6 Å². The molecule has 0 bridgehead atoms. The zero-order valence-electron chi connectivity index (χ0n) is 31.9. The molecule has 0 saturated carbocycles. The minimum absolute atomic E-state index is 0.00409. The Hall–Kier alpha value is -6.20. The van der Waals surface area contributed by atoms with E-state index in [-0.39, 0.29) is 83.2 Å². The second-order valence-corrected chi connectivity index (χ2v) is 14.6. The standard InChI is InChI=1S/C45H18B10N4O/c46-32-30(33(47)37(51)40(54)36(32)50)44-56-43(57-45(58-44)31-34(48)38(52)41(55)39(53)35(31)49)25-11-6-10-24-23-15-13-20(18-29(23)60-42(24)25)19-14-16-28-26(17-19)22-9-4-5-12-27(22)59(28)21-7-2-1-3-8-21/h1-18H. The molecule has 0 atom stereocenters. The molecular weight excluding hydrogens is 721 g/mol. The highest BCUT2D eigenvalue weighted by Gasteiger charge is 2.23. The molecule has 0 spiro atoms. The molecule has 0 aliphatic heterocycles. The third-order valence-electron chi connectivity index (χ3n) is 11.2. The Morgan fingerprint density at radius 2 is 0.883 bits per heavy atom. The summed E-state index contributed by atoms with van der Waals surface area (Å²) in [5.41, 5.74) is 7.39. The second kappa shape index (κ2) is 14.2. The van der Waals surface area contributed by atoms with Crippen molar-refractivity contribution in [2.75, 3.05) is 0 Å². The van der Waals surface area contributed by atoms with E-state index in [9.17, 15) is 0 Å². The highest BCUT2D eigenvalue weighted by atomic mass is 16.3. The van der Waals surface area contributed by atoms with E-state index in [4.69, 9.17) is 97.8 Å². The van der Waals surface area contributed by atoms with Gasteiger partial charge >= 0.3 is 0 Å². The van der Waals surface area contributed by atoms with Crippen molar-refractivity contribution in [3.8, 4) is 51.0 Å². The molecule has 5 nitrogen and oxygen atoms in total. The van der Waals surface area contributed by atoms with E-state index in [0.29, 0.717) is 16.7 Å². The summed E-state index contributed by atoms with van der Waals surface area (Å²) >= 11 is 0. The van der Waals surface area contributed by atoms with Crippen molar-refractivity contribution in [3.05, 3.63) is 109 Å². The maximum Gasteiger partial charge on any atom is 0.167 e. The lowest BCUT2D eigenvalue weighted by Crippen LogP contribution is -2.55. The largest absolute Gasteiger partial charge is 0.455 e. The van der Waals surface area contributed by atoms with E-state index in [1.54, 1.807) is 0 Å². The molecule has 3 heterocycles. The fourth-order valence-corrected chi connectivity index (χ4v) is 8.06. The van der Waals surface area contributed by atoms with Crippen LogP contribution in [0.2, 0.25) is 0 Å². The highest BCUT2D eigenvalue weighted by molar-refractivity contribution is 6.70. The van der Waals surface area contributed by atoms with Crippen molar-refractivity contribution < 1.29 is 4.42 Å². The molecule has 0 saturated heterocycles. The van der Waals surface area contributed by atoms with Crippen LogP contribution in [0.4, 0.5) is 0 Å². The number of benzene rings is 7. The molecule has 10 rings (SSSR count). The van der Waals surface area contributed by atoms with Crippen LogP contribution >= 0.6 is 0 Å². The van der Waals surface area contributed by atoms with Crippen LogP contribution in [0.5, 0.6) is 0 Å². The molecular formula is C45H18B10N4O. The predicted molar refractivity (Wildman–Crippen MR) is 257 cm³/mol. The van der Waals surface area contributed by atoms with Gasteiger partial charge in [-0.1, -0.05) is 82.5 Å². The van der Waals surface area contributed by atoms with Crippen molar-refractivity contribution >= 4 is 177 Å². The first-order valence-electron chi connectivity index (χ1n) is 18.8. The predicted octanol–water partition coefficient (Wildman–Crippen LogP) is -0.526. The average molecular weight is 739 g/mol. The number of furan rings is 1. The summed E-state index contributed by atoms with van der Waals surface area (Å²) in [6.45, 7) is 0. The molecule has 0 aliphatic carbocycles. The lowest BCUT2D eigenvalue weighted by atomic mass is 9.60. The molecule has 0 amide bonds. The van der Waals surface area contributed by atoms with Gasteiger partial charge in [-0.2, -0.15) is 0 Å². The molecule has 60 heavy (non-hydrogen) atoms. The quantitative estimate of drug-likeness (QED) is 0.223. The Kier molecular flexibility index (Phi) is 9.02. The zero-order valence-corrected chi connectivity index (χ0v) is 31.9. The van der Waals surface area contributed by atoms with Gasteiger partial charge in [0.25, 0.3) is 0 Å². The van der Waals surface area contributed by atoms with E-state index in [1.165, 1.54) is 0 Å². The van der Waals surface area contributed by atoms with Crippen molar-refractivity contribution in [1.82, 2.24) is 19.5 Å². The van der Waals surface area contributed by atoms with Crippen LogP contribution in [-0.4, -0.2) is 98.0 Å². The van der Waals surface area contributed by atoms with Gasteiger partial charge in [0, 0.05) is 38.4 Å². The molecule has 0 N–H and O–H groups in total. The Labute approximate surface area is 359 Å². The Morgan fingerprint density at radius 3 is 1.52 bits per heavy atom. The highest BCUT2D eigenvalue weighted by Crippen LogP contribution is 2.39. The molecule has 7 aromatic carbocycles. The number of fused-ring (bicyclic) bond motifs is 6. The van der Waals surface area contributed by atoms with Crippen LogP contribution in [0.1, 0.15) is 0 Å². The first-order chi connectivity index (χ1) is 28.9. The second-order valence-electron chi connectivity index (χ2n) is 14.6. The van der Waals surface area contributed by atoms with Gasteiger partial charge in [0.1, 0.15) is 89.6 Å². The number of rotatable bonds is 5. The summed E-state index contributed by atoms with van der Waals surface area (Å²) in [6, 6.07) is 37.1. The third-order valence-corrected chi connectivity index (χ3v) is 11.2. The van der Waals surface area contributed by atoms with E-state index >= 15 is 0 Å². The lowest BCUT2D eigenvalue weighted by molar-refractivity contribution is 0.669. The first kappa shape index (κ1) is 38.0. The summed E-state index contributed by atoms with van der Waals surface area (Å²) in [5.74, 6) is 0.145. The summed E-state index contributed by atoms with van der Waals surface area (Å²) in [5, 5.41) is 3.99. The smallest absolute Gasteiger partial charge is 0.167 e. The maximum absolute atomic E-state index is 6.70. The van der Waals surface area contributed by atoms with Gasteiger partial charge in [-0.25, -0.2) is 15.0 Å². The van der Waals surface area contributed by atoms with Crippen LogP contribution in [0, 0.1) is 0 Å². The Balaban J connectivity index is 1.17. The van der Waals surface area contributed by atoms with Gasteiger partial charge in [-0.05, 0) is 59.7 Å². The van der Waals surface area contributed by atoms with Crippen molar-refractivity contribution in [3.63, 3.8) is 0 Å². The van der Waals surface area contributed by atoms with E-state index < -0.39 is 0 Å².